The molecule has 1 N–H and O–H groups in total. The molecule has 4 rings (SSSR count). The smallest absolute Gasteiger partial charge is 0.227 e. The number of aliphatic imine (C=N–C) groups is 1. The van der Waals surface area contributed by atoms with Gasteiger partial charge in [-0.3, -0.25) is 4.99 Å². The van der Waals surface area contributed by atoms with Gasteiger partial charge in [0.25, 0.3) is 0 Å². The van der Waals surface area contributed by atoms with E-state index in [1.54, 1.807) is 18.3 Å². The molecular weight excluding hydrogens is 416 g/mol. The Morgan fingerprint density at radius 3 is 2.65 bits per heavy atom. The number of nitrogens with zero attached hydrogens (tertiary/aromatic N) is 2. The van der Waals surface area contributed by atoms with Crippen molar-refractivity contribution in [2.24, 2.45) is 4.99 Å². The van der Waals surface area contributed by atoms with Crippen molar-refractivity contribution in [2.45, 2.75) is 0 Å². The molecule has 3 aromatic carbocycles. The summed E-state index contributed by atoms with van der Waals surface area (Å²) in [6, 6.07) is 18.1. The van der Waals surface area contributed by atoms with Crippen LogP contribution in [0.4, 0.5) is 5.69 Å². The van der Waals surface area contributed by atoms with E-state index in [9.17, 15) is 5.11 Å². The normalized spacial score (nSPS) is 11.5. The first-order valence-electron chi connectivity index (χ1n) is 7.77. The molecule has 0 spiro atoms. The first-order chi connectivity index (χ1) is 12.6. The quantitative estimate of drug-likeness (QED) is 0.387. The molecular formula is C20H12BrClN2O2. The molecule has 0 amide bonds. The third-order valence-corrected chi connectivity index (χ3v) is 4.57. The van der Waals surface area contributed by atoms with Gasteiger partial charge in [-0.05, 0) is 60.7 Å². The second-order valence-corrected chi connectivity index (χ2v) is 6.99. The average Bonchev–Trinajstić information content (AvgIpc) is 3.06. The molecule has 4 nitrogen and oxygen atoms in total. The summed E-state index contributed by atoms with van der Waals surface area (Å²) in [4.78, 5) is 8.92. The van der Waals surface area contributed by atoms with Crippen LogP contribution in [0.15, 0.2) is 74.5 Å². The zero-order chi connectivity index (χ0) is 18.1. The highest BCUT2D eigenvalue weighted by molar-refractivity contribution is 9.10. The number of halogens is 2. The van der Waals surface area contributed by atoms with Gasteiger partial charge in [-0.15, -0.1) is 0 Å². The molecule has 0 saturated carbocycles. The lowest BCUT2D eigenvalue weighted by Crippen LogP contribution is -1.82. The minimum absolute atomic E-state index is 0.123. The molecule has 0 atom stereocenters. The van der Waals surface area contributed by atoms with Gasteiger partial charge >= 0.3 is 0 Å². The van der Waals surface area contributed by atoms with Gasteiger partial charge in [0.15, 0.2) is 5.58 Å². The Hall–Kier alpha value is -2.63. The van der Waals surface area contributed by atoms with Crippen LogP contribution in [0.25, 0.3) is 22.6 Å². The number of hydrogen-bond acceptors (Lipinski definition) is 4. The molecule has 0 aliphatic rings. The summed E-state index contributed by atoms with van der Waals surface area (Å²) in [6.07, 6.45) is 1.57. The van der Waals surface area contributed by atoms with Gasteiger partial charge in [0.1, 0.15) is 11.3 Å². The minimum Gasteiger partial charge on any atom is -0.507 e. The fourth-order valence-corrected chi connectivity index (χ4v) is 2.93. The van der Waals surface area contributed by atoms with Crippen LogP contribution in [0.3, 0.4) is 0 Å². The van der Waals surface area contributed by atoms with E-state index in [0.717, 1.165) is 10.0 Å². The van der Waals surface area contributed by atoms with Crippen LogP contribution in [-0.2, 0) is 0 Å². The molecule has 1 aromatic heterocycles. The van der Waals surface area contributed by atoms with Crippen LogP contribution in [0, 0.1) is 0 Å². The first kappa shape index (κ1) is 16.8. The second-order valence-electron chi connectivity index (χ2n) is 5.64. The molecule has 0 radical (unpaired) electrons. The topological polar surface area (TPSA) is 58.6 Å². The number of rotatable bonds is 3. The Kier molecular flexibility index (Phi) is 4.49. The molecule has 0 fully saturated rings. The minimum atomic E-state index is 0.123. The molecule has 0 saturated heterocycles. The van der Waals surface area contributed by atoms with Gasteiger partial charge in [0, 0.05) is 26.8 Å². The summed E-state index contributed by atoms with van der Waals surface area (Å²) in [5.74, 6) is 0.680. The van der Waals surface area contributed by atoms with Gasteiger partial charge in [0.2, 0.25) is 5.89 Å². The van der Waals surface area contributed by atoms with E-state index in [4.69, 9.17) is 16.0 Å². The summed E-state index contributed by atoms with van der Waals surface area (Å²) in [5.41, 5.74) is 3.56. The van der Waals surface area contributed by atoms with Crippen molar-refractivity contribution in [1.82, 2.24) is 4.98 Å². The fraction of sp³-hybridized carbons (Fsp3) is 0. The van der Waals surface area contributed by atoms with Crippen molar-refractivity contribution < 1.29 is 9.52 Å². The van der Waals surface area contributed by atoms with Gasteiger partial charge in [-0.25, -0.2) is 4.98 Å². The average molecular weight is 428 g/mol. The zero-order valence-corrected chi connectivity index (χ0v) is 15.7. The number of aromatic hydroxyl groups is 1. The van der Waals surface area contributed by atoms with Crippen molar-refractivity contribution in [3.63, 3.8) is 0 Å². The molecule has 6 heteroatoms. The molecule has 26 heavy (non-hydrogen) atoms. The van der Waals surface area contributed by atoms with E-state index in [2.05, 4.69) is 25.9 Å². The zero-order valence-electron chi connectivity index (χ0n) is 13.4. The van der Waals surface area contributed by atoms with Gasteiger partial charge in [-0.1, -0.05) is 27.5 Å². The lowest BCUT2D eigenvalue weighted by Gasteiger charge is -1.99. The highest BCUT2D eigenvalue weighted by Crippen LogP contribution is 2.28. The summed E-state index contributed by atoms with van der Waals surface area (Å²) in [6.45, 7) is 0. The predicted octanol–water partition coefficient (Wildman–Crippen LogP) is 6.37. The largest absolute Gasteiger partial charge is 0.507 e. The SMILES string of the molecule is Oc1ccc(Cl)cc1C=Nc1ccc2oc(-c3ccc(Br)cc3)nc2c1. The van der Waals surface area contributed by atoms with Crippen LogP contribution in [0.1, 0.15) is 5.56 Å². The Bertz CT molecular complexity index is 1120. The van der Waals surface area contributed by atoms with Gasteiger partial charge in [0.05, 0.1) is 5.69 Å². The third kappa shape index (κ3) is 3.49. The molecule has 0 aliphatic heterocycles. The highest BCUT2D eigenvalue weighted by Gasteiger charge is 2.08. The van der Waals surface area contributed by atoms with E-state index in [-0.39, 0.29) is 5.75 Å². The number of fused-ring (bicyclic) bond motifs is 1. The molecule has 128 valence electrons. The molecule has 0 unspecified atom stereocenters. The predicted molar refractivity (Wildman–Crippen MR) is 108 cm³/mol. The van der Waals surface area contributed by atoms with Crippen molar-refractivity contribution in [1.29, 1.82) is 0 Å². The summed E-state index contributed by atoms with van der Waals surface area (Å²) < 4.78 is 6.81. The number of phenols is 1. The third-order valence-electron chi connectivity index (χ3n) is 3.80. The van der Waals surface area contributed by atoms with E-state index in [1.165, 1.54) is 6.07 Å². The van der Waals surface area contributed by atoms with Crippen molar-refractivity contribution in [3.8, 4) is 17.2 Å². The van der Waals surface area contributed by atoms with Crippen molar-refractivity contribution in [2.75, 3.05) is 0 Å². The Labute approximate surface area is 162 Å². The Morgan fingerprint density at radius 2 is 1.85 bits per heavy atom. The van der Waals surface area contributed by atoms with Crippen LogP contribution in [-0.4, -0.2) is 16.3 Å². The molecule has 0 aliphatic carbocycles. The summed E-state index contributed by atoms with van der Waals surface area (Å²) in [5, 5.41) is 10.4. The van der Waals surface area contributed by atoms with Crippen molar-refractivity contribution in [3.05, 3.63) is 75.7 Å². The van der Waals surface area contributed by atoms with E-state index in [0.29, 0.717) is 33.3 Å². The van der Waals surface area contributed by atoms with Gasteiger partial charge in [-0.2, -0.15) is 0 Å². The van der Waals surface area contributed by atoms with E-state index in [1.807, 2.05) is 42.5 Å². The lowest BCUT2D eigenvalue weighted by molar-refractivity contribution is 0.474. The maximum Gasteiger partial charge on any atom is 0.227 e. The number of aromatic nitrogens is 1. The number of oxazole rings is 1. The highest BCUT2D eigenvalue weighted by atomic mass is 79.9. The van der Waals surface area contributed by atoms with Crippen molar-refractivity contribution >= 4 is 50.5 Å². The number of hydrogen-bond donors (Lipinski definition) is 1. The summed E-state index contributed by atoms with van der Waals surface area (Å²) >= 11 is 9.36. The van der Waals surface area contributed by atoms with Crippen LogP contribution in [0.5, 0.6) is 5.75 Å². The van der Waals surface area contributed by atoms with Gasteiger partial charge < -0.3 is 9.52 Å². The molecule has 4 aromatic rings. The van der Waals surface area contributed by atoms with Crippen LogP contribution >= 0.6 is 27.5 Å². The lowest BCUT2D eigenvalue weighted by atomic mass is 10.2. The fourth-order valence-electron chi connectivity index (χ4n) is 2.48. The van der Waals surface area contributed by atoms with E-state index < -0.39 is 0 Å². The number of benzene rings is 3. The number of phenolic OH excluding ortho intramolecular Hbond substituents is 1. The summed E-state index contributed by atoms with van der Waals surface area (Å²) in [7, 11) is 0. The Balaban J connectivity index is 1.66. The monoisotopic (exact) mass is 426 g/mol. The molecule has 1 heterocycles. The standard InChI is InChI=1S/C20H12BrClN2O2/c21-14-3-1-12(2-4-14)20-24-17-10-16(6-8-19(17)26-20)23-11-13-9-15(22)5-7-18(13)25/h1-11,25H. The van der Waals surface area contributed by atoms with Crippen LogP contribution < -0.4 is 0 Å². The Morgan fingerprint density at radius 1 is 1.04 bits per heavy atom. The van der Waals surface area contributed by atoms with Crippen LogP contribution in [0.2, 0.25) is 5.02 Å². The second kappa shape index (κ2) is 6.94. The van der Waals surface area contributed by atoms with E-state index >= 15 is 0 Å². The maximum atomic E-state index is 9.85. The first-order valence-corrected chi connectivity index (χ1v) is 8.95. The molecule has 0 bridgehead atoms. The maximum absolute atomic E-state index is 9.85.